The molecule has 0 fully saturated rings. The van der Waals surface area contributed by atoms with Gasteiger partial charge in [-0.15, -0.1) is 0 Å². The molecule has 1 atom stereocenters. The maximum absolute atomic E-state index is 5.52. The highest BCUT2D eigenvalue weighted by Crippen LogP contribution is 2.10. The molecule has 0 aromatic heterocycles. The average molecular weight is 288 g/mol. The van der Waals surface area contributed by atoms with E-state index in [4.69, 9.17) is 14.2 Å². The van der Waals surface area contributed by atoms with Crippen molar-refractivity contribution in [3.63, 3.8) is 0 Å². The van der Waals surface area contributed by atoms with Gasteiger partial charge >= 0.3 is 0 Å². The molecule has 0 saturated carbocycles. The number of ether oxygens (including phenoxy) is 3. The minimum atomic E-state index is -0.129. The molecule has 0 rings (SSSR count). The van der Waals surface area contributed by atoms with Crippen LogP contribution in [0, 0.1) is 0 Å². The second kappa shape index (κ2) is 16.9. The molecule has 0 aliphatic heterocycles. The van der Waals surface area contributed by atoms with Gasteiger partial charge in [0.05, 0.1) is 13.2 Å². The predicted molar refractivity (Wildman–Crippen MR) is 85.1 cm³/mol. The Hall–Kier alpha value is -0.120. The van der Waals surface area contributed by atoms with Crippen LogP contribution in [-0.4, -0.2) is 33.2 Å². The number of methoxy groups -OCH3 is 1. The van der Waals surface area contributed by atoms with E-state index >= 15 is 0 Å². The lowest BCUT2D eigenvalue weighted by Gasteiger charge is -2.10. The molecule has 0 heterocycles. The molecule has 0 bridgehead atoms. The van der Waals surface area contributed by atoms with Gasteiger partial charge in [-0.25, -0.2) is 0 Å². The summed E-state index contributed by atoms with van der Waals surface area (Å²) in [6.07, 6.45) is 13.5. The van der Waals surface area contributed by atoms with Gasteiger partial charge < -0.3 is 14.2 Å². The zero-order valence-corrected chi connectivity index (χ0v) is 14.0. The number of unbranched alkanes of at least 4 members (excludes halogenated alkanes) is 9. The lowest BCUT2D eigenvalue weighted by Crippen LogP contribution is -2.14. The molecular weight excluding hydrogens is 252 g/mol. The van der Waals surface area contributed by atoms with Gasteiger partial charge in [-0.3, -0.25) is 0 Å². The molecule has 0 saturated heterocycles. The quantitative estimate of drug-likeness (QED) is 0.297. The molecule has 0 spiro atoms. The van der Waals surface area contributed by atoms with Crippen molar-refractivity contribution in [2.24, 2.45) is 0 Å². The summed E-state index contributed by atoms with van der Waals surface area (Å²) in [7, 11) is 1.65. The van der Waals surface area contributed by atoms with Crippen molar-refractivity contribution in [2.75, 3.05) is 26.9 Å². The highest BCUT2D eigenvalue weighted by molar-refractivity contribution is 4.47. The van der Waals surface area contributed by atoms with Crippen LogP contribution in [0.5, 0.6) is 0 Å². The molecule has 0 amide bonds. The van der Waals surface area contributed by atoms with E-state index in [2.05, 4.69) is 6.92 Å². The van der Waals surface area contributed by atoms with Crippen molar-refractivity contribution in [1.82, 2.24) is 0 Å². The standard InChI is InChI=1S/C17H36O3/c1-4-5-6-7-8-9-10-11-12-13-14-19-15-16-20-17(2)18-3/h17H,4-16H2,1-3H3. The van der Waals surface area contributed by atoms with Crippen molar-refractivity contribution in [2.45, 2.75) is 84.3 Å². The zero-order chi connectivity index (χ0) is 14.9. The van der Waals surface area contributed by atoms with Crippen LogP contribution in [0.4, 0.5) is 0 Å². The summed E-state index contributed by atoms with van der Waals surface area (Å²) in [4.78, 5) is 0. The minimum Gasteiger partial charge on any atom is -0.379 e. The fourth-order valence-electron chi connectivity index (χ4n) is 2.13. The Bertz CT molecular complexity index is 174. The second-order valence-corrected chi connectivity index (χ2v) is 5.47. The molecule has 122 valence electrons. The maximum atomic E-state index is 5.52. The average Bonchev–Trinajstić information content (AvgIpc) is 2.47. The van der Waals surface area contributed by atoms with E-state index < -0.39 is 0 Å². The van der Waals surface area contributed by atoms with Gasteiger partial charge in [0, 0.05) is 13.7 Å². The van der Waals surface area contributed by atoms with E-state index in [1.165, 1.54) is 64.2 Å². The fraction of sp³-hybridized carbons (Fsp3) is 1.00. The van der Waals surface area contributed by atoms with Crippen molar-refractivity contribution >= 4 is 0 Å². The van der Waals surface area contributed by atoms with Crippen LogP contribution < -0.4 is 0 Å². The molecule has 0 aromatic carbocycles. The van der Waals surface area contributed by atoms with E-state index in [1.807, 2.05) is 6.92 Å². The molecule has 0 radical (unpaired) electrons. The first-order valence-electron chi connectivity index (χ1n) is 8.53. The Kier molecular flexibility index (Phi) is 16.8. The summed E-state index contributed by atoms with van der Waals surface area (Å²) in [5.41, 5.74) is 0. The van der Waals surface area contributed by atoms with E-state index in [0.717, 1.165) is 6.61 Å². The summed E-state index contributed by atoms with van der Waals surface area (Å²) < 4.78 is 15.8. The largest absolute Gasteiger partial charge is 0.379 e. The first kappa shape index (κ1) is 19.9. The summed E-state index contributed by atoms with van der Waals surface area (Å²) in [5.74, 6) is 0. The Morgan fingerprint density at radius 3 is 1.80 bits per heavy atom. The number of hydrogen-bond donors (Lipinski definition) is 0. The lowest BCUT2D eigenvalue weighted by atomic mass is 10.1. The fourth-order valence-corrected chi connectivity index (χ4v) is 2.13. The van der Waals surface area contributed by atoms with Gasteiger partial charge in [0.1, 0.15) is 0 Å². The van der Waals surface area contributed by atoms with Crippen LogP contribution in [0.3, 0.4) is 0 Å². The topological polar surface area (TPSA) is 27.7 Å². The van der Waals surface area contributed by atoms with Crippen molar-refractivity contribution in [3.8, 4) is 0 Å². The predicted octanol–water partition coefficient (Wildman–Crippen LogP) is 4.93. The molecule has 0 N–H and O–H groups in total. The Labute approximate surface area is 126 Å². The normalized spacial score (nSPS) is 12.8. The number of rotatable bonds is 16. The number of hydrogen-bond acceptors (Lipinski definition) is 3. The first-order chi connectivity index (χ1) is 9.81. The maximum Gasteiger partial charge on any atom is 0.154 e. The Balaban J connectivity index is 2.96. The van der Waals surface area contributed by atoms with Crippen LogP contribution in [-0.2, 0) is 14.2 Å². The smallest absolute Gasteiger partial charge is 0.154 e. The highest BCUT2D eigenvalue weighted by Gasteiger charge is 1.97. The zero-order valence-electron chi connectivity index (χ0n) is 14.0. The van der Waals surface area contributed by atoms with Gasteiger partial charge in [-0.1, -0.05) is 64.7 Å². The summed E-state index contributed by atoms with van der Waals surface area (Å²) >= 11 is 0. The second-order valence-electron chi connectivity index (χ2n) is 5.47. The molecule has 3 nitrogen and oxygen atoms in total. The van der Waals surface area contributed by atoms with Crippen LogP contribution in [0.1, 0.15) is 78.1 Å². The van der Waals surface area contributed by atoms with Gasteiger partial charge in [0.25, 0.3) is 0 Å². The third-order valence-corrected chi connectivity index (χ3v) is 3.55. The minimum absolute atomic E-state index is 0.129. The molecule has 3 heteroatoms. The Morgan fingerprint density at radius 1 is 0.700 bits per heavy atom. The molecule has 0 aliphatic carbocycles. The molecule has 0 aliphatic rings. The summed E-state index contributed by atoms with van der Waals surface area (Å²) in [6, 6.07) is 0. The van der Waals surface area contributed by atoms with Crippen LogP contribution in [0.25, 0.3) is 0 Å². The van der Waals surface area contributed by atoms with Gasteiger partial charge in [-0.05, 0) is 13.3 Å². The summed E-state index contributed by atoms with van der Waals surface area (Å²) in [6.45, 7) is 6.31. The van der Waals surface area contributed by atoms with Crippen LogP contribution in [0.2, 0.25) is 0 Å². The van der Waals surface area contributed by atoms with Crippen LogP contribution in [0.15, 0.2) is 0 Å². The first-order valence-corrected chi connectivity index (χ1v) is 8.53. The van der Waals surface area contributed by atoms with Gasteiger partial charge in [0.15, 0.2) is 6.29 Å². The van der Waals surface area contributed by atoms with Gasteiger partial charge in [0.2, 0.25) is 0 Å². The highest BCUT2D eigenvalue weighted by atomic mass is 16.7. The van der Waals surface area contributed by atoms with Crippen molar-refractivity contribution < 1.29 is 14.2 Å². The van der Waals surface area contributed by atoms with E-state index in [1.54, 1.807) is 7.11 Å². The SMILES string of the molecule is CCCCCCCCCCCCOCCOC(C)OC. The third kappa shape index (κ3) is 15.9. The molecule has 0 aromatic rings. The molecule has 1 unspecified atom stereocenters. The molecule has 20 heavy (non-hydrogen) atoms. The van der Waals surface area contributed by atoms with E-state index in [9.17, 15) is 0 Å². The van der Waals surface area contributed by atoms with E-state index in [-0.39, 0.29) is 6.29 Å². The third-order valence-electron chi connectivity index (χ3n) is 3.55. The van der Waals surface area contributed by atoms with Gasteiger partial charge in [-0.2, -0.15) is 0 Å². The monoisotopic (exact) mass is 288 g/mol. The van der Waals surface area contributed by atoms with Crippen molar-refractivity contribution in [3.05, 3.63) is 0 Å². The van der Waals surface area contributed by atoms with Crippen molar-refractivity contribution in [1.29, 1.82) is 0 Å². The molecular formula is C17H36O3. The van der Waals surface area contributed by atoms with Crippen LogP contribution >= 0.6 is 0 Å². The van der Waals surface area contributed by atoms with E-state index in [0.29, 0.717) is 13.2 Å². The Morgan fingerprint density at radius 2 is 1.25 bits per heavy atom. The lowest BCUT2D eigenvalue weighted by molar-refractivity contribution is -0.121. The summed E-state index contributed by atoms with van der Waals surface area (Å²) in [5, 5.41) is 0.